The minimum Gasteiger partial charge on any atom is -0.462 e. The molecule has 0 bridgehead atoms. The summed E-state index contributed by atoms with van der Waals surface area (Å²) in [5, 5.41) is 7.49. The number of nitrogens with two attached hydrogens (primary N) is 1. The van der Waals surface area contributed by atoms with E-state index in [9.17, 15) is 9.59 Å². The van der Waals surface area contributed by atoms with Crippen molar-refractivity contribution in [1.29, 1.82) is 5.41 Å². The molecule has 0 spiro atoms. The minimum atomic E-state index is -0.123. The van der Waals surface area contributed by atoms with Crippen molar-refractivity contribution in [3.8, 4) is 0 Å². The van der Waals surface area contributed by atoms with Crippen LogP contribution in [0.3, 0.4) is 0 Å². The van der Waals surface area contributed by atoms with Crippen LogP contribution in [0.5, 0.6) is 0 Å². The van der Waals surface area contributed by atoms with Crippen LogP contribution in [0.1, 0.15) is 49.7 Å². The van der Waals surface area contributed by atoms with Gasteiger partial charge >= 0.3 is 12.0 Å². The average Bonchev–Trinajstić information content (AvgIpc) is 3.20. The van der Waals surface area contributed by atoms with Crippen LogP contribution in [0.15, 0.2) is 48.5 Å². The third-order valence-electron chi connectivity index (χ3n) is 6.22. The maximum Gasteiger partial charge on any atom is 0.329 e. The fraction of sp³-hybridized carbons (Fsp3) is 0.400. The Morgan fingerprint density at radius 2 is 1.48 bits per heavy atom. The number of benzene rings is 2. The Labute approximate surface area is 200 Å². The van der Waals surface area contributed by atoms with Gasteiger partial charge in [-0.2, -0.15) is 0 Å². The quantitative estimate of drug-likeness (QED) is 0.349. The summed E-state index contributed by atoms with van der Waals surface area (Å²) >= 11 is 0. The van der Waals surface area contributed by atoms with E-state index in [4.69, 9.17) is 15.9 Å². The third kappa shape index (κ3) is 6.05. The number of carbonyl (C=O) groups excluding carboxylic acids is 2. The van der Waals surface area contributed by atoms with Crippen LogP contribution in [0, 0.1) is 5.41 Å². The molecule has 0 unspecified atom stereocenters. The molecule has 0 aromatic heterocycles. The van der Waals surface area contributed by atoms with Gasteiger partial charge in [-0.15, -0.1) is 12.4 Å². The molecule has 4 rings (SSSR count). The average molecular weight is 471 g/mol. The summed E-state index contributed by atoms with van der Waals surface area (Å²) < 4.78 is 5.59. The van der Waals surface area contributed by atoms with Crippen LogP contribution < -0.4 is 15.5 Å². The smallest absolute Gasteiger partial charge is 0.329 e. The van der Waals surface area contributed by atoms with E-state index in [-0.39, 0.29) is 36.3 Å². The number of aryl methyl sites for hydroxylation is 1. The molecular formula is C25H31ClN4O3. The second-order valence-electron chi connectivity index (χ2n) is 8.46. The molecule has 2 fully saturated rings. The van der Waals surface area contributed by atoms with E-state index in [1.54, 1.807) is 21.9 Å². The predicted molar refractivity (Wildman–Crippen MR) is 133 cm³/mol. The molecule has 1 saturated carbocycles. The van der Waals surface area contributed by atoms with Gasteiger partial charge in [0.15, 0.2) is 0 Å². The number of amides is 2. The van der Waals surface area contributed by atoms with Crippen LogP contribution in [-0.2, 0) is 16.0 Å². The molecular weight excluding hydrogens is 440 g/mol. The molecule has 1 aliphatic carbocycles. The molecule has 2 amide bonds. The van der Waals surface area contributed by atoms with E-state index in [0.717, 1.165) is 42.6 Å². The van der Waals surface area contributed by atoms with Crippen LogP contribution in [0.25, 0.3) is 0 Å². The monoisotopic (exact) mass is 470 g/mol. The van der Waals surface area contributed by atoms with Gasteiger partial charge < -0.3 is 10.5 Å². The zero-order chi connectivity index (χ0) is 22.5. The number of ether oxygens (including phenoxy) is 1. The lowest BCUT2D eigenvalue weighted by Gasteiger charge is -2.21. The van der Waals surface area contributed by atoms with E-state index in [1.807, 2.05) is 36.4 Å². The van der Waals surface area contributed by atoms with Gasteiger partial charge in [0.05, 0.1) is 0 Å². The van der Waals surface area contributed by atoms with Crippen molar-refractivity contribution in [2.45, 2.75) is 51.0 Å². The number of rotatable bonds is 7. The third-order valence-corrected chi connectivity index (χ3v) is 6.22. The van der Waals surface area contributed by atoms with E-state index in [1.165, 1.54) is 6.42 Å². The fourth-order valence-corrected chi connectivity index (χ4v) is 4.35. The minimum absolute atomic E-state index is 0. The van der Waals surface area contributed by atoms with Gasteiger partial charge in [-0.3, -0.25) is 20.0 Å². The molecule has 8 heteroatoms. The zero-order valence-electron chi connectivity index (χ0n) is 18.7. The Morgan fingerprint density at radius 3 is 2.03 bits per heavy atom. The van der Waals surface area contributed by atoms with E-state index in [2.05, 4.69) is 0 Å². The van der Waals surface area contributed by atoms with Crippen LogP contribution >= 0.6 is 12.4 Å². The fourth-order valence-electron chi connectivity index (χ4n) is 4.35. The van der Waals surface area contributed by atoms with Crippen LogP contribution in [0.4, 0.5) is 16.2 Å². The second kappa shape index (κ2) is 11.2. The molecule has 0 radical (unpaired) electrons. The van der Waals surface area contributed by atoms with Gasteiger partial charge in [-0.1, -0.05) is 18.6 Å². The van der Waals surface area contributed by atoms with Gasteiger partial charge in [0.1, 0.15) is 11.9 Å². The number of anilines is 2. The summed E-state index contributed by atoms with van der Waals surface area (Å²) in [4.78, 5) is 28.5. The Balaban J connectivity index is 0.00000306. The highest BCUT2D eigenvalue weighted by Gasteiger charge is 2.30. The van der Waals surface area contributed by atoms with Crippen molar-refractivity contribution in [3.05, 3.63) is 59.7 Å². The van der Waals surface area contributed by atoms with Gasteiger partial charge in [-0.05, 0) is 74.1 Å². The van der Waals surface area contributed by atoms with E-state index < -0.39 is 0 Å². The van der Waals surface area contributed by atoms with Gasteiger partial charge in [0, 0.05) is 36.4 Å². The van der Waals surface area contributed by atoms with Gasteiger partial charge in [-0.25, -0.2) is 4.79 Å². The highest BCUT2D eigenvalue weighted by molar-refractivity contribution is 6.06. The lowest BCUT2D eigenvalue weighted by atomic mass is 9.98. The summed E-state index contributed by atoms with van der Waals surface area (Å²) in [6.45, 7) is 1.19. The molecule has 2 aromatic carbocycles. The highest BCUT2D eigenvalue weighted by Crippen LogP contribution is 2.26. The molecule has 7 nitrogen and oxygen atoms in total. The Kier molecular flexibility index (Phi) is 8.33. The lowest BCUT2D eigenvalue weighted by molar-refractivity contribution is -0.150. The number of halogens is 1. The van der Waals surface area contributed by atoms with Crippen molar-refractivity contribution in [3.63, 3.8) is 0 Å². The largest absolute Gasteiger partial charge is 0.462 e. The van der Waals surface area contributed by atoms with Crippen molar-refractivity contribution >= 4 is 41.6 Å². The first-order valence-corrected chi connectivity index (χ1v) is 11.3. The maximum atomic E-state index is 12.9. The second-order valence-corrected chi connectivity index (χ2v) is 8.46. The lowest BCUT2D eigenvalue weighted by Crippen LogP contribution is -2.31. The van der Waals surface area contributed by atoms with Crippen molar-refractivity contribution in [2.75, 3.05) is 22.9 Å². The number of nitrogens with one attached hydrogen (secondary N) is 1. The molecule has 1 saturated heterocycles. The zero-order valence-corrected chi connectivity index (χ0v) is 19.5. The van der Waals surface area contributed by atoms with Crippen LogP contribution in [0.2, 0.25) is 0 Å². The van der Waals surface area contributed by atoms with Crippen molar-refractivity contribution < 1.29 is 14.3 Å². The normalized spacial score (nSPS) is 16.4. The first-order chi connectivity index (χ1) is 15.5. The first-order valence-electron chi connectivity index (χ1n) is 11.3. The summed E-state index contributed by atoms with van der Waals surface area (Å²) in [7, 11) is 0. The summed E-state index contributed by atoms with van der Waals surface area (Å²) in [5.74, 6) is -0.115. The van der Waals surface area contributed by atoms with Gasteiger partial charge in [0.2, 0.25) is 0 Å². The Hall–Kier alpha value is -3.06. The molecule has 33 heavy (non-hydrogen) atoms. The van der Waals surface area contributed by atoms with E-state index in [0.29, 0.717) is 31.5 Å². The SMILES string of the molecule is Cl.N=C(N)c1ccc(N2CCN(c3ccc(CCC(=O)OC4CCCCC4)cc3)C2=O)cc1. The standard InChI is InChI=1S/C25H30N4O3.ClH/c26-24(27)19-9-13-21(14-10-19)29-17-16-28(25(29)31)20-11-6-18(7-12-20)8-15-23(30)32-22-4-2-1-3-5-22;/h6-7,9-14,22H,1-5,8,15-17H2,(H3,26,27);1H. The van der Waals surface area contributed by atoms with Crippen molar-refractivity contribution in [1.82, 2.24) is 0 Å². The number of nitrogens with zero attached hydrogens (tertiary/aromatic N) is 2. The molecule has 3 N–H and O–H groups in total. The van der Waals surface area contributed by atoms with E-state index >= 15 is 0 Å². The topological polar surface area (TPSA) is 99.7 Å². The highest BCUT2D eigenvalue weighted by atomic mass is 35.5. The van der Waals surface area contributed by atoms with Crippen LogP contribution in [-0.4, -0.2) is 37.0 Å². The number of amidine groups is 1. The predicted octanol–water partition coefficient (Wildman–Crippen LogP) is 4.65. The number of carbonyl (C=O) groups is 2. The molecule has 1 aliphatic heterocycles. The number of nitrogen functional groups attached to an aromatic ring is 1. The molecule has 2 aliphatic rings. The summed E-state index contributed by atoms with van der Waals surface area (Å²) in [6.07, 6.45) is 6.62. The molecule has 0 atom stereocenters. The maximum absolute atomic E-state index is 12.9. The summed E-state index contributed by atoms with van der Waals surface area (Å²) in [5.41, 5.74) is 8.82. The summed E-state index contributed by atoms with van der Waals surface area (Å²) in [6, 6.07) is 14.9. The molecule has 1 heterocycles. The number of esters is 1. The molecule has 176 valence electrons. The first kappa shape index (κ1) is 24.6. The number of hydrogen-bond donors (Lipinski definition) is 2. The molecule has 2 aromatic rings. The number of hydrogen-bond acceptors (Lipinski definition) is 4. The Bertz CT molecular complexity index is 972. The number of urea groups is 1. The van der Waals surface area contributed by atoms with Crippen molar-refractivity contribution in [2.24, 2.45) is 5.73 Å². The Morgan fingerprint density at radius 1 is 0.939 bits per heavy atom. The van der Waals surface area contributed by atoms with Gasteiger partial charge in [0.25, 0.3) is 0 Å².